The van der Waals surface area contributed by atoms with Gasteiger partial charge in [-0.3, -0.25) is 4.79 Å². The molecule has 5 nitrogen and oxygen atoms in total. The van der Waals surface area contributed by atoms with Crippen molar-refractivity contribution in [2.45, 2.75) is 74.0 Å². The Bertz CT molecular complexity index is 889. The van der Waals surface area contributed by atoms with E-state index >= 15 is 0 Å². The van der Waals surface area contributed by atoms with Crippen LogP contribution in [0.3, 0.4) is 0 Å². The number of sulfonamides is 1. The molecule has 1 aliphatic heterocycles. The lowest BCUT2D eigenvalue weighted by molar-refractivity contribution is -0.118. The molecule has 4 aliphatic carbocycles. The second-order valence-corrected chi connectivity index (χ2v) is 13.6. The SMILES string of the molecule is O=C(CSC12CC3CC(CC(C3)C1)C2)NCc1ccccc1S(=O)(=O)N1CCCCC1. The number of carbonyl (C=O) groups excluding carboxylic acids is 1. The lowest BCUT2D eigenvalue weighted by Gasteiger charge is -2.56. The second kappa shape index (κ2) is 8.71. The summed E-state index contributed by atoms with van der Waals surface area (Å²) in [6, 6.07) is 7.12. The highest BCUT2D eigenvalue weighted by molar-refractivity contribution is 8.01. The van der Waals surface area contributed by atoms with Crippen molar-refractivity contribution in [1.82, 2.24) is 9.62 Å². The molecule has 5 aliphatic rings. The van der Waals surface area contributed by atoms with Gasteiger partial charge in [0.2, 0.25) is 15.9 Å². The summed E-state index contributed by atoms with van der Waals surface area (Å²) in [6.07, 6.45) is 11.0. The average molecular weight is 463 g/mol. The molecule has 170 valence electrons. The van der Waals surface area contributed by atoms with Crippen molar-refractivity contribution in [3.63, 3.8) is 0 Å². The fraction of sp³-hybridized carbons (Fsp3) is 0.708. The van der Waals surface area contributed by atoms with Crippen LogP contribution in [0.5, 0.6) is 0 Å². The van der Waals surface area contributed by atoms with E-state index in [1.165, 1.54) is 38.5 Å². The van der Waals surface area contributed by atoms with E-state index in [-0.39, 0.29) is 12.5 Å². The van der Waals surface area contributed by atoms with Crippen LogP contribution in [0.15, 0.2) is 29.2 Å². The van der Waals surface area contributed by atoms with Gasteiger partial charge in [-0.2, -0.15) is 4.31 Å². The average Bonchev–Trinajstić information content (AvgIpc) is 2.76. The molecule has 1 aromatic carbocycles. The zero-order valence-corrected chi connectivity index (χ0v) is 19.9. The predicted octanol–water partition coefficient (Wildman–Crippen LogP) is 4.18. The van der Waals surface area contributed by atoms with Gasteiger partial charge in [-0.1, -0.05) is 24.6 Å². The molecule has 0 aromatic heterocycles. The van der Waals surface area contributed by atoms with E-state index in [9.17, 15) is 13.2 Å². The number of benzene rings is 1. The summed E-state index contributed by atoms with van der Waals surface area (Å²) in [7, 11) is -3.51. The van der Waals surface area contributed by atoms with Gasteiger partial charge in [0.25, 0.3) is 0 Å². The number of rotatable bonds is 7. The third kappa shape index (κ3) is 4.55. The Morgan fingerprint density at radius 2 is 1.61 bits per heavy atom. The molecule has 31 heavy (non-hydrogen) atoms. The van der Waals surface area contributed by atoms with E-state index in [0.29, 0.717) is 34.0 Å². The number of hydrogen-bond donors (Lipinski definition) is 1. The van der Waals surface area contributed by atoms with Crippen molar-refractivity contribution >= 4 is 27.7 Å². The van der Waals surface area contributed by atoms with Crippen molar-refractivity contribution in [2.24, 2.45) is 17.8 Å². The first kappa shape index (κ1) is 21.8. The predicted molar refractivity (Wildman–Crippen MR) is 124 cm³/mol. The van der Waals surface area contributed by atoms with Crippen LogP contribution >= 0.6 is 11.8 Å². The van der Waals surface area contributed by atoms with Gasteiger partial charge in [0.15, 0.2) is 0 Å². The Morgan fingerprint density at radius 1 is 1.00 bits per heavy atom. The molecular formula is C24H34N2O3S2. The van der Waals surface area contributed by atoms with Gasteiger partial charge in [0.1, 0.15) is 0 Å². The third-order valence-electron chi connectivity index (χ3n) is 7.87. The second-order valence-electron chi connectivity index (χ2n) is 10.2. The molecule has 1 amide bonds. The molecule has 1 heterocycles. The number of piperidine rings is 1. The van der Waals surface area contributed by atoms with Crippen LogP contribution < -0.4 is 5.32 Å². The minimum Gasteiger partial charge on any atom is -0.351 e. The monoisotopic (exact) mass is 462 g/mol. The van der Waals surface area contributed by atoms with Crippen molar-refractivity contribution in [3.8, 4) is 0 Å². The Kier molecular flexibility index (Phi) is 6.12. The molecular weight excluding hydrogens is 428 g/mol. The summed E-state index contributed by atoms with van der Waals surface area (Å²) in [5.41, 5.74) is 0.682. The number of carbonyl (C=O) groups is 1. The normalized spacial score (nSPS) is 32.8. The van der Waals surface area contributed by atoms with Crippen LogP contribution in [0.25, 0.3) is 0 Å². The molecule has 0 unspecified atom stereocenters. The maximum Gasteiger partial charge on any atom is 0.243 e. The quantitative estimate of drug-likeness (QED) is 0.660. The number of amides is 1. The van der Waals surface area contributed by atoms with Gasteiger partial charge >= 0.3 is 0 Å². The molecule has 1 aromatic rings. The summed E-state index contributed by atoms with van der Waals surface area (Å²) < 4.78 is 28.2. The maximum atomic E-state index is 13.1. The van der Waals surface area contributed by atoms with E-state index in [1.54, 1.807) is 16.4 Å². The zero-order valence-electron chi connectivity index (χ0n) is 18.2. The van der Waals surface area contributed by atoms with E-state index in [1.807, 2.05) is 23.9 Å². The molecule has 0 radical (unpaired) electrons. The molecule has 1 saturated heterocycles. The smallest absolute Gasteiger partial charge is 0.243 e. The molecule has 0 spiro atoms. The molecule has 6 rings (SSSR count). The number of thioether (sulfide) groups is 1. The first-order chi connectivity index (χ1) is 14.9. The van der Waals surface area contributed by atoms with Gasteiger partial charge in [-0.15, -0.1) is 11.8 Å². The minimum absolute atomic E-state index is 0.0194. The van der Waals surface area contributed by atoms with E-state index in [2.05, 4.69) is 5.32 Å². The maximum absolute atomic E-state index is 13.1. The van der Waals surface area contributed by atoms with Crippen molar-refractivity contribution in [2.75, 3.05) is 18.8 Å². The Labute approximate surface area is 190 Å². The highest BCUT2D eigenvalue weighted by Gasteiger charge is 2.51. The minimum atomic E-state index is -3.51. The largest absolute Gasteiger partial charge is 0.351 e. The van der Waals surface area contributed by atoms with Gasteiger partial charge < -0.3 is 5.32 Å². The lowest BCUT2D eigenvalue weighted by atomic mass is 9.56. The molecule has 1 N–H and O–H groups in total. The summed E-state index contributed by atoms with van der Waals surface area (Å²) in [5, 5.41) is 3.00. The molecule has 7 heteroatoms. The van der Waals surface area contributed by atoms with Crippen LogP contribution in [0.1, 0.15) is 63.4 Å². The van der Waals surface area contributed by atoms with Crippen molar-refractivity contribution < 1.29 is 13.2 Å². The van der Waals surface area contributed by atoms with Crippen molar-refractivity contribution in [3.05, 3.63) is 29.8 Å². The van der Waals surface area contributed by atoms with E-state index in [4.69, 9.17) is 0 Å². The van der Waals surface area contributed by atoms with Gasteiger partial charge in [-0.25, -0.2) is 8.42 Å². The van der Waals surface area contributed by atoms with E-state index in [0.717, 1.165) is 37.0 Å². The first-order valence-electron chi connectivity index (χ1n) is 11.9. The van der Waals surface area contributed by atoms with Crippen molar-refractivity contribution in [1.29, 1.82) is 0 Å². The number of nitrogens with one attached hydrogen (secondary N) is 1. The van der Waals surface area contributed by atoms with Gasteiger partial charge in [0.05, 0.1) is 10.6 Å². The fourth-order valence-corrected chi connectivity index (χ4v) is 10.2. The standard InChI is InChI=1S/C24H34N2O3S2/c27-23(17-30-24-13-18-10-19(14-24)12-20(11-18)15-24)25-16-21-6-2-3-7-22(21)31(28,29)26-8-4-1-5-9-26/h2-3,6-7,18-20H,1,4-5,8-17H2,(H,25,27). The molecule has 4 bridgehead atoms. The Morgan fingerprint density at radius 3 is 2.26 bits per heavy atom. The summed E-state index contributed by atoms with van der Waals surface area (Å²) in [4.78, 5) is 13.0. The highest BCUT2D eigenvalue weighted by Crippen LogP contribution is 2.60. The van der Waals surface area contributed by atoms with Crippen LogP contribution in [0, 0.1) is 17.8 Å². The summed E-state index contributed by atoms with van der Waals surface area (Å²) in [6.45, 7) is 1.44. The van der Waals surface area contributed by atoms with Crippen LogP contribution in [0.4, 0.5) is 0 Å². The lowest BCUT2D eigenvalue weighted by Crippen LogP contribution is -2.49. The first-order valence-corrected chi connectivity index (χ1v) is 14.3. The Balaban J connectivity index is 1.19. The Hall–Kier alpha value is -1.05. The summed E-state index contributed by atoms with van der Waals surface area (Å²) >= 11 is 1.87. The molecule has 5 fully saturated rings. The van der Waals surface area contributed by atoms with Gasteiger partial charge in [0, 0.05) is 24.4 Å². The van der Waals surface area contributed by atoms with Gasteiger partial charge in [-0.05, 0) is 80.8 Å². The fourth-order valence-electron chi connectivity index (χ4n) is 6.82. The highest BCUT2D eigenvalue weighted by atomic mass is 32.2. The van der Waals surface area contributed by atoms with Crippen LogP contribution in [-0.4, -0.2) is 42.2 Å². The molecule has 4 saturated carbocycles. The topological polar surface area (TPSA) is 66.5 Å². The third-order valence-corrected chi connectivity index (χ3v) is 11.4. The number of nitrogens with zero attached hydrogens (tertiary/aromatic N) is 1. The zero-order chi connectivity index (χ0) is 21.5. The number of hydrogen-bond acceptors (Lipinski definition) is 4. The van der Waals surface area contributed by atoms with E-state index < -0.39 is 10.0 Å². The van der Waals surface area contributed by atoms with Crippen LogP contribution in [0.2, 0.25) is 0 Å². The summed E-state index contributed by atoms with van der Waals surface area (Å²) in [5.74, 6) is 3.15. The van der Waals surface area contributed by atoms with Crippen LogP contribution in [-0.2, 0) is 21.4 Å². The molecule has 0 atom stereocenters.